The lowest BCUT2D eigenvalue weighted by Crippen LogP contribution is -2.43. The maximum absolute atomic E-state index is 11.7. The molecule has 0 saturated carbocycles. The zero-order chi connectivity index (χ0) is 13.5. The van der Waals surface area contributed by atoms with Crippen LogP contribution in [0.5, 0.6) is 0 Å². The van der Waals surface area contributed by atoms with Crippen molar-refractivity contribution in [1.82, 2.24) is 15.5 Å². The Morgan fingerprint density at radius 2 is 2.22 bits per heavy atom. The summed E-state index contributed by atoms with van der Waals surface area (Å²) in [6.45, 7) is 4.67. The SMILES string of the molecule is CCC(C)NC(=O)NCC(c1ccsc1)N(C)C. The monoisotopic (exact) mass is 269 g/mol. The van der Waals surface area contributed by atoms with Crippen LogP contribution in [0.15, 0.2) is 16.8 Å². The first-order valence-corrected chi connectivity index (χ1v) is 7.21. The van der Waals surface area contributed by atoms with Gasteiger partial charge in [-0.15, -0.1) is 0 Å². The molecule has 0 spiro atoms. The number of nitrogens with one attached hydrogen (secondary N) is 2. The van der Waals surface area contributed by atoms with Gasteiger partial charge in [0.2, 0.25) is 0 Å². The second-order valence-electron chi connectivity index (χ2n) is 4.70. The Labute approximate surface area is 113 Å². The average molecular weight is 269 g/mol. The molecule has 2 atom stereocenters. The minimum absolute atomic E-state index is 0.0913. The van der Waals surface area contributed by atoms with E-state index in [2.05, 4.69) is 39.3 Å². The minimum Gasteiger partial charge on any atom is -0.336 e. The molecule has 18 heavy (non-hydrogen) atoms. The van der Waals surface area contributed by atoms with Gasteiger partial charge >= 0.3 is 6.03 Å². The Kier molecular flexibility index (Phi) is 6.15. The molecule has 0 aliphatic heterocycles. The third-order valence-electron chi connectivity index (χ3n) is 3.00. The van der Waals surface area contributed by atoms with Crippen molar-refractivity contribution in [2.24, 2.45) is 0 Å². The third kappa shape index (κ3) is 4.66. The van der Waals surface area contributed by atoms with Gasteiger partial charge in [0.1, 0.15) is 0 Å². The van der Waals surface area contributed by atoms with E-state index < -0.39 is 0 Å². The molecule has 0 aromatic carbocycles. The summed E-state index contributed by atoms with van der Waals surface area (Å²) >= 11 is 1.68. The topological polar surface area (TPSA) is 44.4 Å². The highest BCUT2D eigenvalue weighted by atomic mass is 32.1. The molecule has 0 aliphatic carbocycles. The number of carbonyl (C=O) groups excluding carboxylic acids is 1. The van der Waals surface area contributed by atoms with Gasteiger partial charge in [0.15, 0.2) is 0 Å². The molecular formula is C13H23N3OS. The van der Waals surface area contributed by atoms with Gasteiger partial charge in [0.05, 0.1) is 6.04 Å². The summed E-state index contributed by atoms with van der Waals surface area (Å²) in [6, 6.07) is 2.44. The minimum atomic E-state index is -0.0913. The Bertz CT molecular complexity index is 351. The van der Waals surface area contributed by atoms with Crippen molar-refractivity contribution in [3.05, 3.63) is 22.4 Å². The molecule has 1 rings (SSSR count). The first kappa shape index (κ1) is 15.0. The second kappa shape index (κ2) is 7.38. The summed E-state index contributed by atoms with van der Waals surface area (Å²) in [5.41, 5.74) is 1.24. The standard InChI is InChI=1S/C13H23N3OS/c1-5-10(2)15-13(17)14-8-12(16(3)4)11-6-7-18-9-11/h6-7,9-10,12H,5,8H2,1-4H3,(H2,14,15,17). The smallest absolute Gasteiger partial charge is 0.315 e. The van der Waals surface area contributed by atoms with E-state index in [-0.39, 0.29) is 18.1 Å². The predicted molar refractivity (Wildman–Crippen MR) is 77.0 cm³/mol. The van der Waals surface area contributed by atoms with E-state index in [9.17, 15) is 4.79 Å². The lowest BCUT2D eigenvalue weighted by atomic mass is 10.1. The van der Waals surface area contributed by atoms with Gasteiger partial charge < -0.3 is 15.5 Å². The largest absolute Gasteiger partial charge is 0.336 e. The van der Waals surface area contributed by atoms with Gasteiger partial charge in [-0.2, -0.15) is 11.3 Å². The van der Waals surface area contributed by atoms with Gasteiger partial charge in [-0.25, -0.2) is 4.79 Å². The fourth-order valence-corrected chi connectivity index (χ4v) is 2.34. The highest BCUT2D eigenvalue weighted by Gasteiger charge is 2.15. The van der Waals surface area contributed by atoms with E-state index in [1.807, 2.05) is 21.0 Å². The molecule has 1 aromatic heterocycles. The summed E-state index contributed by atoms with van der Waals surface area (Å²) in [6.07, 6.45) is 0.940. The van der Waals surface area contributed by atoms with Crippen molar-refractivity contribution in [3.63, 3.8) is 0 Å². The van der Waals surface area contributed by atoms with E-state index in [0.717, 1.165) is 6.42 Å². The molecule has 2 unspecified atom stereocenters. The number of nitrogens with zero attached hydrogens (tertiary/aromatic N) is 1. The van der Waals surface area contributed by atoms with Crippen LogP contribution in [0.3, 0.4) is 0 Å². The van der Waals surface area contributed by atoms with E-state index in [1.54, 1.807) is 11.3 Å². The number of carbonyl (C=O) groups is 1. The molecule has 0 aliphatic rings. The van der Waals surface area contributed by atoms with Crippen molar-refractivity contribution in [3.8, 4) is 0 Å². The van der Waals surface area contributed by atoms with Gasteiger partial charge in [-0.05, 0) is 49.8 Å². The number of urea groups is 1. The first-order chi connectivity index (χ1) is 8.54. The Hall–Kier alpha value is -1.07. The fourth-order valence-electron chi connectivity index (χ4n) is 1.63. The van der Waals surface area contributed by atoms with Crippen LogP contribution in [0.2, 0.25) is 0 Å². The van der Waals surface area contributed by atoms with Crippen LogP contribution in [0.25, 0.3) is 0 Å². The zero-order valence-electron chi connectivity index (χ0n) is 11.6. The number of likely N-dealkylation sites (N-methyl/N-ethyl adjacent to an activating group) is 1. The maximum Gasteiger partial charge on any atom is 0.315 e. The first-order valence-electron chi connectivity index (χ1n) is 6.27. The van der Waals surface area contributed by atoms with E-state index in [1.165, 1.54) is 5.56 Å². The van der Waals surface area contributed by atoms with Crippen LogP contribution in [0.4, 0.5) is 4.79 Å². The Balaban J connectivity index is 2.46. The Morgan fingerprint density at radius 3 is 2.72 bits per heavy atom. The van der Waals surface area contributed by atoms with Crippen LogP contribution >= 0.6 is 11.3 Å². The van der Waals surface area contributed by atoms with Crippen LogP contribution in [-0.2, 0) is 0 Å². The normalized spacial score (nSPS) is 14.3. The van der Waals surface area contributed by atoms with E-state index >= 15 is 0 Å². The lowest BCUT2D eigenvalue weighted by Gasteiger charge is -2.24. The number of rotatable bonds is 6. The summed E-state index contributed by atoms with van der Waals surface area (Å²) in [5, 5.41) is 10.0. The number of hydrogen-bond acceptors (Lipinski definition) is 3. The quantitative estimate of drug-likeness (QED) is 0.833. The molecular weight excluding hydrogens is 246 g/mol. The van der Waals surface area contributed by atoms with Crippen LogP contribution in [0, 0.1) is 0 Å². The van der Waals surface area contributed by atoms with Crippen LogP contribution in [0.1, 0.15) is 31.9 Å². The number of amides is 2. The van der Waals surface area contributed by atoms with Gasteiger partial charge in [-0.1, -0.05) is 6.92 Å². The molecule has 1 heterocycles. The van der Waals surface area contributed by atoms with E-state index in [4.69, 9.17) is 0 Å². The van der Waals surface area contributed by atoms with E-state index in [0.29, 0.717) is 6.54 Å². The third-order valence-corrected chi connectivity index (χ3v) is 3.70. The molecule has 2 amide bonds. The highest BCUT2D eigenvalue weighted by molar-refractivity contribution is 7.07. The van der Waals surface area contributed by atoms with Crippen molar-refractivity contribution in [1.29, 1.82) is 0 Å². The summed E-state index contributed by atoms with van der Waals surface area (Å²) < 4.78 is 0. The molecule has 0 bridgehead atoms. The number of hydrogen-bond donors (Lipinski definition) is 2. The fraction of sp³-hybridized carbons (Fsp3) is 0.615. The molecule has 0 radical (unpaired) electrons. The maximum atomic E-state index is 11.7. The molecule has 102 valence electrons. The second-order valence-corrected chi connectivity index (χ2v) is 5.48. The molecule has 4 nitrogen and oxygen atoms in total. The predicted octanol–water partition coefficient (Wildman–Crippen LogP) is 2.45. The molecule has 1 aromatic rings. The summed E-state index contributed by atoms with van der Waals surface area (Å²) in [7, 11) is 4.05. The van der Waals surface area contributed by atoms with Gasteiger partial charge in [-0.3, -0.25) is 0 Å². The number of thiophene rings is 1. The van der Waals surface area contributed by atoms with Crippen molar-refractivity contribution < 1.29 is 4.79 Å². The molecule has 2 N–H and O–H groups in total. The van der Waals surface area contributed by atoms with Crippen LogP contribution < -0.4 is 10.6 Å². The van der Waals surface area contributed by atoms with Crippen LogP contribution in [-0.4, -0.2) is 37.6 Å². The Morgan fingerprint density at radius 1 is 1.50 bits per heavy atom. The summed E-state index contributed by atoms with van der Waals surface area (Å²) in [4.78, 5) is 13.8. The molecule has 0 fully saturated rings. The van der Waals surface area contributed by atoms with Gasteiger partial charge in [0, 0.05) is 12.6 Å². The van der Waals surface area contributed by atoms with Crippen molar-refractivity contribution in [2.75, 3.05) is 20.6 Å². The van der Waals surface area contributed by atoms with Crippen molar-refractivity contribution in [2.45, 2.75) is 32.4 Å². The summed E-state index contributed by atoms with van der Waals surface area (Å²) in [5.74, 6) is 0. The highest BCUT2D eigenvalue weighted by Crippen LogP contribution is 2.19. The zero-order valence-corrected chi connectivity index (χ0v) is 12.4. The average Bonchev–Trinajstić information content (AvgIpc) is 2.82. The van der Waals surface area contributed by atoms with Crippen molar-refractivity contribution >= 4 is 17.4 Å². The van der Waals surface area contributed by atoms with Gasteiger partial charge in [0.25, 0.3) is 0 Å². The molecule has 5 heteroatoms. The molecule has 0 saturated heterocycles. The lowest BCUT2D eigenvalue weighted by molar-refractivity contribution is 0.229.